The minimum absolute atomic E-state index is 0.157. The van der Waals surface area contributed by atoms with Crippen LogP contribution in [0.5, 0.6) is 0 Å². The standard InChI is InChI=1S/C67H49NS/c1-65(2)54-29-17-14-26-48(54)50-35-32-45(38-56(50)65)68(46-33-36-51-49-27-15-18-30-55(49)66(3,4)57(51)39-46)47-34-37-52-58(40-47)67(43-22-10-6-11-23-43,44-24-12-7-13-25-44)59-41-61-64(53-28-16-19-31-60(53)69-61)62(63(52)59)42-20-8-5-9-21-42/h5-41H,1-4H3. The third-order valence-corrected chi connectivity index (χ3v) is 17.3. The van der Waals surface area contributed by atoms with Crippen LogP contribution in [0.4, 0.5) is 17.1 Å². The van der Waals surface area contributed by atoms with Crippen molar-refractivity contribution in [2.24, 2.45) is 0 Å². The van der Waals surface area contributed by atoms with Gasteiger partial charge in [-0.2, -0.15) is 0 Å². The van der Waals surface area contributed by atoms with Crippen LogP contribution in [0.1, 0.15) is 72.2 Å². The molecule has 14 rings (SSSR count). The lowest BCUT2D eigenvalue weighted by Crippen LogP contribution is -2.28. The minimum Gasteiger partial charge on any atom is -0.310 e. The van der Waals surface area contributed by atoms with Gasteiger partial charge in [-0.05, 0) is 138 Å². The second kappa shape index (κ2) is 14.6. The van der Waals surface area contributed by atoms with Gasteiger partial charge in [0.2, 0.25) is 0 Å². The van der Waals surface area contributed by atoms with E-state index in [1.54, 1.807) is 0 Å². The molecule has 2 heteroatoms. The second-order valence-electron chi connectivity index (χ2n) is 20.4. The van der Waals surface area contributed by atoms with Gasteiger partial charge in [0.1, 0.15) is 0 Å². The van der Waals surface area contributed by atoms with Crippen LogP contribution in [-0.4, -0.2) is 0 Å². The van der Waals surface area contributed by atoms with Crippen LogP contribution in [0.3, 0.4) is 0 Å². The minimum atomic E-state index is -0.633. The van der Waals surface area contributed by atoms with Crippen molar-refractivity contribution in [1.29, 1.82) is 0 Å². The first-order chi connectivity index (χ1) is 33.7. The van der Waals surface area contributed by atoms with Crippen LogP contribution in [-0.2, 0) is 16.2 Å². The summed E-state index contributed by atoms with van der Waals surface area (Å²) in [6.45, 7) is 9.56. The summed E-state index contributed by atoms with van der Waals surface area (Å²) >= 11 is 1.91. The first-order valence-electron chi connectivity index (χ1n) is 24.3. The molecule has 0 amide bonds. The number of hydrogen-bond donors (Lipinski definition) is 0. The maximum atomic E-state index is 2.56. The van der Waals surface area contributed by atoms with Crippen molar-refractivity contribution in [3.05, 3.63) is 269 Å². The van der Waals surface area contributed by atoms with Crippen molar-refractivity contribution in [2.45, 2.75) is 43.9 Å². The van der Waals surface area contributed by atoms with Gasteiger partial charge in [-0.15, -0.1) is 11.3 Å². The summed E-state index contributed by atoms with van der Waals surface area (Å²) in [6.07, 6.45) is 0. The summed E-state index contributed by atoms with van der Waals surface area (Å²) in [7, 11) is 0. The van der Waals surface area contributed by atoms with Crippen molar-refractivity contribution in [3.8, 4) is 44.5 Å². The molecular weight excluding hydrogens is 851 g/mol. The summed E-state index contributed by atoms with van der Waals surface area (Å²) in [5.74, 6) is 0. The van der Waals surface area contributed by atoms with Gasteiger partial charge in [0.15, 0.2) is 0 Å². The largest absolute Gasteiger partial charge is 0.310 e. The SMILES string of the molecule is CC1(C)c2ccccc2-c2ccc(N(c3ccc4c(c3)C(C)(C)c3ccccc3-4)c3ccc4c(c3)C(c3ccccc3)(c3ccccc3)c3cc5sc6ccccc6c5c(-c5ccccc5)c3-4)cc21. The Morgan fingerprint density at radius 3 is 1.35 bits per heavy atom. The molecule has 0 atom stereocenters. The van der Waals surface area contributed by atoms with E-state index in [1.165, 1.54) is 109 Å². The molecule has 0 saturated heterocycles. The van der Waals surface area contributed by atoms with E-state index >= 15 is 0 Å². The van der Waals surface area contributed by atoms with E-state index in [2.05, 4.69) is 257 Å². The first kappa shape index (κ1) is 40.3. The Morgan fingerprint density at radius 1 is 0.333 bits per heavy atom. The molecule has 0 spiro atoms. The highest BCUT2D eigenvalue weighted by molar-refractivity contribution is 7.26. The highest BCUT2D eigenvalue weighted by Crippen LogP contribution is 2.62. The number of thiophene rings is 1. The normalized spacial score (nSPS) is 15.0. The average Bonchev–Trinajstić information content (AvgIpc) is 4.05. The third-order valence-electron chi connectivity index (χ3n) is 16.1. The number of fused-ring (bicyclic) bond motifs is 12. The maximum absolute atomic E-state index is 2.56. The van der Waals surface area contributed by atoms with E-state index in [9.17, 15) is 0 Å². The van der Waals surface area contributed by atoms with Crippen LogP contribution in [0.25, 0.3) is 64.7 Å². The molecule has 0 aliphatic heterocycles. The number of hydrogen-bond acceptors (Lipinski definition) is 2. The summed E-state index contributed by atoms with van der Waals surface area (Å²) in [5, 5.41) is 2.64. The van der Waals surface area contributed by atoms with Gasteiger partial charge in [0, 0.05) is 48.1 Å². The Morgan fingerprint density at radius 2 is 0.783 bits per heavy atom. The number of benzene rings is 10. The van der Waals surface area contributed by atoms with Crippen LogP contribution in [0.15, 0.2) is 224 Å². The van der Waals surface area contributed by atoms with Crippen molar-refractivity contribution in [3.63, 3.8) is 0 Å². The molecule has 328 valence electrons. The number of anilines is 3. The van der Waals surface area contributed by atoms with Gasteiger partial charge in [-0.25, -0.2) is 0 Å². The molecule has 1 nitrogen and oxygen atoms in total. The molecule has 0 bridgehead atoms. The lowest BCUT2D eigenvalue weighted by atomic mass is 9.67. The third kappa shape index (κ3) is 5.52. The van der Waals surface area contributed by atoms with Crippen LogP contribution < -0.4 is 4.90 Å². The van der Waals surface area contributed by atoms with E-state index in [-0.39, 0.29) is 10.8 Å². The molecule has 1 aromatic heterocycles. The second-order valence-corrected chi connectivity index (χ2v) is 21.4. The van der Waals surface area contributed by atoms with Crippen LogP contribution in [0, 0.1) is 0 Å². The van der Waals surface area contributed by atoms with E-state index in [1.807, 2.05) is 11.3 Å². The summed E-state index contributed by atoms with van der Waals surface area (Å²) < 4.78 is 2.62. The summed E-state index contributed by atoms with van der Waals surface area (Å²) in [4.78, 5) is 2.55. The Balaban J connectivity index is 1.09. The monoisotopic (exact) mass is 899 g/mol. The lowest BCUT2D eigenvalue weighted by molar-refractivity contribution is 0.660. The van der Waals surface area contributed by atoms with Crippen molar-refractivity contribution in [2.75, 3.05) is 4.90 Å². The maximum Gasteiger partial charge on any atom is 0.0715 e. The molecule has 0 N–H and O–H groups in total. The fourth-order valence-corrected chi connectivity index (χ4v) is 14.1. The molecule has 0 radical (unpaired) electrons. The predicted molar refractivity (Wildman–Crippen MR) is 292 cm³/mol. The van der Waals surface area contributed by atoms with Gasteiger partial charge in [-0.3, -0.25) is 0 Å². The molecule has 11 aromatic rings. The Kier molecular flexibility index (Phi) is 8.54. The summed E-state index contributed by atoms with van der Waals surface area (Å²) in [5.41, 5.74) is 23.5. The van der Waals surface area contributed by atoms with Gasteiger partial charge >= 0.3 is 0 Å². The molecule has 0 unspecified atom stereocenters. The Hall–Kier alpha value is -7.78. The van der Waals surface area contributed by atoms with E-state index in [0.717, 1.165) is 17.1 Å². The van der Waals surface area contributed by atoms with Crippen molar-refractivity contribution >= 4 is 48.6 Å². The Labute approximate surface area is 408 Å². The summed E-state index contributed by atoms with van der Waals surface area (Å²) in [6, 6.07) is 85.1. The zero-order valence-electron chi connectivity index (χ0n) is 39.2. The number of nitrogens with zero attached hydrogens (tertiary/aromatic N) is 1. The van der Waals surface area contributed by atoms with Gasteiger partial charge in [-0.1, -0.05) is 204 Å². The lowest BCUT2D eigenvalue weighted by Gasteiger charge is -2.35. The van der Waals surface area contributed by atoms with Crippen molar-refractivity contribution in [1.82, 2.24) is 0 Å². The molecule has 1 heterocycles. The van der Waals surface area contributed by atoms with E-state index in [0.29, 0.717) is 0 Å². The average molecular weight is 900 g/mol. The van der Waals surface area contributed by atoms with Gasteiger partial charge < -0.3 is 4.90 Å². The zero-order chi connectivity index (χ0) is 46.2. The van der Waals surface area contributed by atoms with Gasteiger partial charge in [0.25, 0.3) is 0 Å². The molecule has 0 fully saturated rings. The predicted octanol–water partition coefficient (Wildman–Crippen LogP) is 18.2. The molecule has 0 saturated carbocycles. The molecule has 3 aliphatic rings. The van der Waals surface area contributed by atoms with Gasteiger partial charge in [0.05, 0.1) is 5.41 Å². The molecule has 3 aliphatic carbocycles. The first-order valence-corrected chi connectivity index (χ1v) is 25.2. The molecule has 10 aromatic carbocycles. The molecule has 69 heavy (non-hydrogen) atoms. The fraction of sp³-hybridized carbons (Fsp3) is 0.104. The van der Waals surface area contributed by atoms with E-state index < -0.39 is 5.41 Å². The quantitative estimate of drug-likeness (QED) is 0.161. The smallest absolute Gasteiger partial charge is 0.0715 e. The van der Waals surface area contributed by atoms with Crippen LogP contribution >= 0.6 is 11.3 Å². The van der Waals surface area contributed by atoms with Crippen LogP contribution in [0.2, 0.25) is 0 Å². The fourth-order valence-electron chi connectivity index (χ4n) is 13.0. The Bertz CT molecular complexity index is 3750. The highest BCUT2D eigenvalue weighted by atomic mass is 32.1. The number of rotatable bonds is 6. The topological polar surface area (TPSA) is 3.24 Å². The van der Waals surface area contributed by atoms with Crippen molar-refractivity contribution < 1.29 is 0 Å². The zero-order valence-corrected chi connectivity index (χ0v) is 40.0. The molecular formula is C67H49NS. The van der Waals surface area contributed by atoms with E-state index in [4.69, 9.17) is 0 Å². The highest BCUT2D eigenvalue weighted by Gasteiger charge is 2.48.